The first kappa shape index (κ1) is 29.9. The average molecular weight is 550 g/mol. The number of rotatable bonds is 11. The van der Waals surface area contributed by atoms with Gasteiger partial charge in [-0.15, -0.1) is 0 Å². The lowest BCUT2D eigenvalue weighted by Gasteiger charge is -2.34. The molecule has 0 fully saturated rings. The number of anilines is 1. The lowest BCUT2D eigenvalue weighted by molar-refractivity contribution is -0.141. The maximum atomic E-state index is 14.0. The maximum absolute atomic E-state index is 14.0. The Hall–Kier alpha value is -3.65. The first-order valence-electron chi connectivity index (χ1n) is 13.3. The highest BCUT2D eigenvalue weighted by Crippen LogP contribution is 2.25. The van der Waals surface area contributed by atoms with E-state index in [2.05, 4.69) is 5.32 Å². The van der Waals surface area contributed by atoms with Crippen LogP contribution in [0.3, 0.4) is 0 Å². The minimum atomic E-state index is -4.07. The third-order valence-corrected chi connectivity index (χ3v) is 8.11. The summed E-state index contributed by atoms with van der Waals surface area (Å²) in [4.78, 5) is 29.0. The molecule has 3 aromatic rings. The molecule has 0 aliphatic heterocycles. The lowest BCUT2D eigenvalue weighted by Crippen LogP contribution is -2.55. The molecule has 3 rings (SSSR count). The van der Waals surface area contributed by atoms with Crippen molar-refractivity contribution < 1.29 is 18.0 Å². The van der Waals surface area contributed by atoms with E-state index in [0.29, 0.717) is 12.1 Å². The number of aryl methyl sites for hydroxylation is 1. The molecule has 0 heterocycles. The van der Waals surface area contributed by atoms with Gasteiger partial charge in [0, 0.05) is 12.1 Å². The van der Waals surface area contributed by atoms with Crippen molar-refractivity contribution in [1.29, 1.82) is 0 Å². The van der Waals surface area contributed by atoms with Crippen LogP contribution in [-0.2, 0) is 32.6 Å². The van der Waals surface area contributed by atoms with Gasteiger partial charge in [0.15, 0.2) is 0 Å². The average Bonchev–Trinajstić information content (AvgIpc) is 2.91. The summed E-state index contributed by atoms with van der Waals surface area (Å²) in [6.07, 6.45) is 1.17. The summed E-state index contributed by atoms with van der Waals surface area (Å²) >= 11 is 0. The molecule has 0 saturated carbocycles. The maximum Gasteiger partial charge on any atom is 0.264 e. The first-order chi connectivity index (χ1) is 18.5. The number of sulfonamides is 1. The van der Waals surface area contributed by atoms with Crippen molar-refractivity contribution >= 4 is 27.5 Å². The van der Waals surface area contributed by atoms with Crippen LogP contribution in [0.4, 0.5) is 5.69 Å². The van der Waals surface area contributed by atoms with Crippen molar-refractivity contribution in [2.24, 2.45) is 0 Å². The molecule has 0 saturated heterocycles. The number of nitrogens with one attached hydrogen (secondary N) is 1. The van der Waals surface area contributed by atoms with Crippen LogP contribution >= 0.6 is 0 Å². The van der Waals surface area contributed by atoms with Crippen molar-refractivity contribution in [3.63, 3.8) is 0 Å². The molecular weight excluding hydrogens is 510 g/mol. The minimum absolute atomic E-state index is 0.0875. The summed E-state index contributed by atoms with van der Waals surface area (Å²) in [5.41, 5.74) is 1.79. The SMILES string of the molecule is CCc1ccc(N(CC(=O)N(Cc2ccccc2)C(CC)C(=O)NC(C)(C)C)S(=O)(=O)c2ccccc2)cc1. The summed E-state index contributed by atoms with van der Waals surface area (Å²) < 4.78 is 28.8. The molecule has 0 aliphatic rings. The van der Waals surface area contributed by atoms with Crippen LogP contribution in [0, 0.1) is 0 Å². The second-order valence-corrected chi connectivity index (χ2v) is 12.4. The molecule has 2 amide bonds. The third kappa shape index (κ3) is 7.93. The summed E-state index contributed by atoms with van der Waals surface area (Å²) in [5, 5.41) is 2.98. The van der Waals surface area contributed by atoms with Gasteiger partial charge in [-0.2, -0.15) is 0 Å². The van der Waals surface area contributed by atoms with Crippen LogP contribution in [0.15, 0.2) is 89.8 Å². The number of nitrogens with zero attached hydrogens (tertiary/aromatic N) is 2. The Morgan fingerprint density at radius 1 is 0.821 bits per heavy atom. The van der Waals surface area contributed by atoms with E-state index in [0.717, 1.165) is 21.9 Å². The highest BCUT2D eigenvalue weighted by atomic mass is 32.2. The van der Waals surface area contributed by atoms with Crippen LogP contribution < -0.4 is 9.62 Å². The summed E-state index contributed by atoms with van der Waals surface area (Å²) in [6.45, 7) is 9.24. The first-order valence-corrected chi connectivity index (χ1v) is 14.7. The van der Waals surface area contributed by atoms with Gasteiger partial charge < -0.3 is 10.2 Å². The Kier molecular flexibility index (Phi) is 9.92. The second kappa shape index (κ2) is 12.9. The summed E-state index contributed by atoms with van der Waals surface area (Å²) in [7, 11) is -4.07. The Bertz CT molecular complexity index is 1340. The molecular formula is C31H39N3O4S. The fourth-order valence-electron chi connectivity index (χ4n) is 4.30. The molecule has 1 atom stereocenters. The highest BCUT2D eigenvalue weighted by Gasteiger charge is 2.34. The molecule has 0 spiro atoms. The third-order valence-electron chi connectivity index (χ3n) is 6.32. The monoisotopic (exact) mass is 549 g/mol. The number of benzene rings is 3. The smallest absolute Gasteiger partial charge is 0.264 e. The van der Waals surface area contributed by atoms with E-state index >= 15 is 0 Å². The number of hydrogen-bond donors (Lipinski definition) is 1. The zero-order valence-electron chi connectivity index (χ0n) is 23.4. The Balaban J connectivity index is 2.05. The van der Waals surface area contributed by atoms with E-state index in [1.807, 2.05) is 77.1 Å². The molecule has 7 nitrogen and oxygen atoms in total. The standard InChI is InChI=1S/C31H39N3O4S/c1-6-24-18-20-26(21-19-24)34(39(37,38)27-16-12-9-13-17-27)23-29(35)33(22-25-14-10-8-11-15-25)28(7-2)30(36)32-31(3,4)5/h8-21,28H,6-7,22-23H2,1-5H3,(H,32,36). The molecule has 0 bridgehead atoms. The minimum Gasteiger partial charge on any atom is -0.350 e. The van der Waals surface area contributed by atoms with E-state index in [4.69, 9.17) is 0 Å². The fourth-order valence-corrected chi connectivity index (χ4v) is 5.73. The number of amides is 2. The van der Waals surface area contributed by atoms with E-state index in [1.165, 1.54) is 17.0 Å². The lowest BCUT2D eigenvalue weighted by atomic mass is 10.1. The van der Waals surface area contributed by atoms with E-state index < -0.39 is 34.1 Å². The Morgan fingerprint density at radius 2 is 1.38 bits per heavy atom. The van der Waals surface area contributed by atoms with Crippen LogP contribution in [0.25, 0.3) is 0 Å². The van der Waals surface area contributed by atoms with Crippen LogP contribution in [0.1, 0.15) is 52.2 Å². The van der Waals surface area contributed by atoms with Gasteiger partial charge in [-0.3, -0.25) is 13.9 Å². The molecule has 0 radical (unpaired) electrons. The van der Waals surface area contributed by atoms with Gasteiger partial charge in [-0.25, -0.2) is 8.42 Å². The van der Waals surface area contributed by atoms with Crippen molar-refractivity contribution in [1.82, 2.24) is 10.2 Å². The van der Waals surface area contributed by atoms with Crippen LogP contribution in [0.2, 0.25) is 0 Å². The van der Waals surface area contributed by atoms with Gasteiger partial charge in [0.1, 0.15) is 12.6 Å². The number of carbonyl (C=O) groups excluding carboxylic acids is 2. The zero-order valence-corrected chi connectivity index (χ0v) is 24.2. The molecule has 39 heavy (non-hydrogen) atoms. The van der Waals surface area contributed by atoms with Crippen molar-refractivity contribution in [2.75, 3.05) is 10.8 Å². The van der Waals surface area contributed by atoms with Gasteiger partial charge in [0.2, 0.25) is 11.8 Å². The molecule has 0 aromatic heterocycles. The second-order valence-electron chi connectivity index (χ2n) is 10.5. The van der Waals surface area contributed by atoms with Gasteiger partial charge >= 0.3 is 0 Å². The van der Waals surface area contributed by atoms with E-state index in [9.17, 15) is 18.0 Å². The largest absolute Gasteiger partial charge is 0.350 e. The van der Waals surface area contributed by atoms with Crippen molar-refractivity contribution in [3.05, 3.63) is 96.1 Å². The quantitative estimate of drug-likeness (QED) is 0.358. The van der Waals surface area contributed by atoms with Crippen LogP contribution in [-0.4, -0.2) is 43.3 Å². The fraction of sp³-hybridized carbons (Fsp3) is 0.355. The van der Waals surface area contributed by atoms with Crippen molar-refractivity contribution in [3.8, 4) is 0 Å². The molecule has 1 unspecified atom stereocenters. The molecule has 0 aliphatic carbocycles. The van der Waals surface area contributed by atoms with Gasteiger partial charge in [0.05, 0.1) is 10.6 Å². The normalized spacial score (nSPS) is 12.4. The number of hydrogen-bond acceptors (Lipinski definition) is 4. The predicted molar refractivity (Wildman–Crippen MR) is 156 cm³/mol. The topological polar surface area (TPSA) is 86.8 Å². The molecule has 208 valence electrons. The number of carbonyl (C=O) groups is 2. The van der Waals surface area contributed by atoms with Gasteiger partial charge in [0.25, 0.3) is 10.0 Å². The summed E-state index contributed by atoms with van der Waals surface area (Å²) in [6, 6.07) is 23.9. The molecule has 3 aromatic carbocycles. The van der Waals surface area contributed by atoms with Gasteiger partial charge in [-0.05, 0) is 69.0 Å². The Labute approximate surface area is 232 Å². The molecule has 1 N–H and O–H groups in total. The van der Waals surface area contributed by atoms with E-state index in [1.54, 1.807) is 30.3 Å². The summed E-state index contributed by atoms with van der Waals surface area (Å²) in [5.74, 6) is -0.743. The zero-order chi connectivity index (χ0) is 28.6. The Morgan fingerprint density at radius 3 is 1.90 bits per heavy atom. The van der Waals surface area contributed by atoms with Gasteiger partial charge in [-0.1, -0.05) is 74.5 Å². The highest BCUT2D eigenvalue weighted by molar-refractivity contribution is 7.92. The van der Waals surface area contributed by atoms with E-state index in [-0.39, 0.29) is 17.3 Å². The van der Waals surface area contributed by atoms with Crippen molar-refractivity contribution in [2.45, 2.75) is 70.5 Å². The van der Waals surface area contributed by atoms with Crippen LogP contribution in [0.5, 0.6) is 0 Å². The predicted octanol–water partition coefficient (Wildman–Crippen LogP) is 5.17. The molecule has 8 heteroatoms.